The summed E-state index contributed by atoms with van der Waals surface area (Å²) in [6.45, 7) is 10.7. The Morgan fingerprint density at radius 3 is 2.60 bits per heavy atom. The number of oxazole rings is 1. The Labute approximate surface area is 207 Å². The third-order valence-corrected chi connectivity index (χ3v) is 6.75. The summed E-state index contributed by atoms with van der Waals surface area (Å²) in [5.41, 5.74) is 6.72. The predicted octanol–water partition coefficient (Wildman–Crippen LogP) is 3.72. The highest BCUT2D eigenvalue weighted by molar-refractivity contribution is 5.88. The molecule has 1 aromatic heterocycles. The first kappa shape index (κ1) is 28.7. The Kier molecular flexibility index (Phi) is 10.2. The lowest BCUT2D eigenvalue weighted by Crippen LogP contribution is -2.45. The molecule has 0 saturated carbocycles. The number of ketones is 1. The number of rotatable bonds is 3. The number of hydrogen-bond acceptors (Lipinski definition) is 8. The van der Waals surface area contributed by atoms with Crippen molar-refractivity contribution in [3.8, 4) is 0 Å². The van der Waals surface area contributed by atoms with Gasteiger partial charge in [-0.15, -0.1) is 0 Å². The van der Waals surface area contributed by atoms with Gasteiger partial charge in [-0.2, -0.15) is 0 Å². The summed E-state index contributed by atoms with van der Waals surface area (Å²) < 4.78 is 11.0. The zero-order valence-electron chi connectivity index (χ0n) is 21.7. The Bertz CT molecular complexity index is 974. The fraction of sp³-hybridized carbons (Fsp3) is 0.593. The molecule has 0 saturated heterocycles. The Morgan fingerprint density at radius 2 is 1.97 bits per heavy atom. The number of aliphatic hydroxyl groups is 2. The number of aliphatic hydroxyl groups excluding tert-OH is 2. The van der Waals surface area contributed by atoms with Crippen LogP contribution in [-0.4, -0.2) is 45.3 Å². The molecule has 194 valence electrons. The molecular formula is C27H40N2O6. The molecule has 8 heteroatoms. The van der Waals surface area contributed by atoms with Gasteiger partial charge in [-0.3, -0.25) is 9.59 Å². The van der Waals surface area contributed by atoms with E-state index in [0.29, 0.717) is 24.4 Å². The number of allylic oxidation sites excluding steroid dienone is 2. The second-order valence-electron chi connectivity index (χ2n) is 10.1. The number of Topliss-reactive ketones (excluding diaryl/α,β-unsaturated/α-hetero) is 1. The molecule has 0 aliphatic carbocycles. The molecule has 1 aromatic rings. The number of hydrogen-bond donors (Lipinski definition) is 3. The van der Waals surface area contributed by atoms with E-state index in [2.05, 4.69) is 4.98 Å². The standard InChI is InChI=1S/C27H40N2O6/c1-16-8-7-9-17(2)25(32)19(4)26(33)27(5,6)22(30)13-24(31)35-21(11-10-16)18(3)12-20-15-34-23(14-28)29-20/h7,9-10,12,15,17,19,21-22,25,30,32H,8,11,13-14,28H2,1-6H3/t17-,19+,21-,22-,25-/m0/s1. The van der Waals surface area contributed by atoms with Crippen LogP contribution in [0.25, 0.3) is 6.08 Å². The number of ether oxygens (including phenoxy) is 1. The zero-order chi connectivity index (χ0) is 26.3. The van der Waals surface area contributed by atoms with Gasteiger partial charge in [0.2, 0.25) is 5.89 Å². The fourth-order valence-electron chi connectivity index (χ4n) is 4.09. The largest absolute Gasteiger partial charge is 0.457 e. The first-order valence-corrected chi connectivity index (χ1v) is 12.1. The molecule has 4 N–H and O–H groups in total. The van der Waals surface area contributed by atoms with Gasteiger partial charge in [0, 0.05) is 18.3 Å². The molecule has 0 spiro atoms. The number of cyclic esters (lactones) is 1. The molecule has 2 rings (SSSR count). The lowest BCUT2D eigenvalue weighted by Gasteiger charge is -2.34. The molecule has 35 heavy (non-hydrogen) atoms. The quantitative estimate of drug-likeness (QED) is 0.433. The summed E-state index contributed by atoms with van der Waals surface area (Å²) in [6.07, 6.45) is 7.15. The second kappa shape index (κ2) is 12.4. The maximum atomic E-state index is 13.1. The first-order chi connectivity index (χ1) is 16.4. The number of carbonyl (C=O) groups is 2. The van der Waals surface area contributed by atoms with E-state index in [1.807, 2.05) is 39.0 Å². The minimum Gasteiger partial charge on any atom is -0.457 e. The lowest BCUT2D eigenvalue weighted by molar-refractivity contribution is -0.154. The van der Waals surface area contributed by atoms with Crippen LogP contribution in [0, 0.1) is 17.3 Å². The zero-order valence-corrected chi connectivity index (χ0v) is 21.7. The first-order valence-electron chi connectivity index (χ1n) is 12.1. The summed E-state index contributed by atoms with van der Waals surface area (Å²) in [5.74, 6) is -1.46. The van der Waals surface area contributed by atoms with E-state index < -0.39 is 35.6 Å². The average molecular weight is 489 g/mol. The highest BCUT2D eigenvalue weighted by atomic mass is 16.5. The molecule has 0 aromatic carbocycles. The summed E-state index contributed by atoms with van der Waals surface area (Å²) in [5, 5.41) is 21.5. The average Bonchev–Trinajstić information content (AvgIpc) is 3.26. The third-order valence-electron chi connectivity index (χ3n) is 6.75. The fourth-order valence-corrected chi connectivity index (χ4v) is 4.09. The molecule has 5 atom stereocenters. The van der Waals surface area contributed by atoms with Crippen molar-refractivity contribution in [3.05, 3.63) is 47.2 Å². The van der Waals surface area contributed by atoms with Gasteiger partial charge in [0.25, 0.3) is 0 Å². The molecule has 0 fully saturated rings. The van der Waals surface area contributed by atoms with Crippen LogP contribution in [0.1, 0.15) is 72.4 Å². The van der Waals surface area contributed by atoms with Gasteiger partial charge in [0.05, 0.1) is 30.6 Å². The van der Waals surface area contributed by atoms with Gasteiger partial charge in [-0.1, -0.05) is 51.5 Å². The minimum atomic E-state index is -1.26. The number of nitrogens with zero attached hydrogens (tertiary/aromatic N) is 1. The number of nitrogens with two attached hydrogens (primary N) is 1. The minimum absolute atomic E-state index is 0.182. The van der Waals surface area contributed by atoms with E-state index in [-0.39, 0.29) is 24.7 Å². The van der Waals surface area contributed by atoms with Gasteiger partial charge in [-0.05, 0) is 31.9 Å². The van der Waals surface area contributed by atoms with Crippen molar-refractivity contribution < 1.29 is 29.0 Å². The van der Waals surface area contributed by atoms with Crippen molar-refractivity contribution in [1.29, 1.82) is 0 Å². The van der Waals surface area contributed by atoms with E-state index in [4.69, 9.17) is 14.9 Å². The molecule has 1 aliphatic rings. The Balaban J connectivity index is 2.37. The number of esters is 1. The van der Waals surface area contributed by atoms with Crippen LogP contribution in [0.4, 0.5) is 0 Å². The summed E-state index contributed by atoms with van der Waals surface area (Å²) >= 11 is 0. The van der Waals surface area contributed by atoms with Crippen molar-refractivity contribution in [1.82, 2.24) is 4.98 Å². The normalized spacial score (nSPS) is 29.6. The molecule has 1 aliphatic heterocycles. The maximum absolute atomic E-state index is 13.1. The van der Waals surface area contributed by atoms with Gasteiger partial charge in [0.15, 0.2) is 0 Å². The predicted molar refractivity (Wildman–Crippen MR) is 134 cm³/mol. The summed E-state index contributed by atoms with van der Waals surface area (Å²) in [6, 6.07) is 0. The topological polar surface area (TPSA) is 136 Å². The molecule has 0 amide bonds. The van der Waals surface area contributed by atoms with Crippen LogP contribution >= 0.6 is 0 Å². The van der Waals surface area contributed by atoms with Gasteiger partial charge in [-0.25, -0.2) is 4.98 Å². The van der Waals surface area contributed by atoms with E-state index in [1.165, 1.54) is 6.26 Å². The van der Waals surface area contributed by atoms with Crippen LogP contribution in [0.15, 0.2) is 40.1 Å². The SMILES string of the molecule is CC1=CC[C@@H](C(C)=Cc2coc(CN)n2)OC(=O)C[C@H](O)C(C)(C)C(=O)[C@H](C)[C@@H](O)[C@@H](C)C=CC1. The third kappa shape index (κ3) is 7.72. The van der Waals surface area contributed by atoms with Crippen LogP contribution in [0.3, 0.4) is 0 Å². The number of aromatic nitrogens is 1. The Hall–Kier alpha value is -2.55. The summed E-state index contributed by atoms with van der Waals surface area (Å²) in [7, 11) is 0. The van der Waals surface area contributed by atoms with E-state index >= 15 is 0 Å². The molecule has 0 bridgehead atoms. The van der Waals surface area contributed by atoms with Crippen molar-refractivity contribution in [2.24, 2.45) is 23.0 Å². The molecule has 0 radical (unpaired) electrons. The van der Waals surface area contributed by atoms with E-state index in [1.54, 1.807) is 26.8 Å². The van der Waals surface area contributed by atoms with Gasteiger partial charge in [0.1, 0.15) is 23.8 Å². The van der Waals surface area contributed by atoms with Crippen LogP contribution in [-0.2, 0) is 20.9 Å². The van der Waals surface area contributed by atoms with Crippen molar-refractivity contribution in [3.63, 3.8) is 0 Å². The van der Waals surface area contributed by atoms with Crippen molar-refractivity contribution in [2.75, 3.05) is 0 Å². The smallest absolute Gasteiger partial charge is 0.309 e. The van der Waals surface area contributed by atoms with Crippen LogP contribution in [0.2, 0.25) is 0 Å². The maximum Gasteiger partial charge on any atom is 0.309 e. The molecule has 0 unspecified atom stereocenters. The van der Waals surface area contributed by atoms with Crippen molar-refractivity contribution in [2.45, 2.75) is 85.7 Å². The van der Waals surface area contributed by atoms with E-state index in [0.717, 1.165) is 11.1 Å². The Morgan fingerprint density at radius 1 is 1.29 bits per heavy atom. The summed E-state index contributed by atoms with van der Waals surface area (Å²) in [4.78, 5) is 30.2. The highest BCUT2D eigenvalue weighted by Crippen LogP contribution is 2.31. The lowest BCUT2D eigenvalue weighted by atomic mass is 9.73. The van der Waals surface area contributed by atoms with Crippen molar-refractivity contribution >= 4 is 17.8 Å². The second-order valence-corrected chi connectivity index (χ2v) is 10.1. The molecule has 8 nitrogen and oxygen atoms in total. The van der Waals surface area contributed by atoms with Crippen LogP contribution in [0.5, 0.6) is 0 Å². The van der Waals surface area contributed by atoms with E-state index in [9.17, 15) is 19.8 Å². The monoisotopic (exact) mass is 488 g/mol. The van der Waals surface area contributed by atoms with Gasteiger partial charge < -0.3 is 25.1 Å². The molecule has 2 heterocycles. The van der Waals surface area contributed by atoms with Gasteiger partial charge >= 0.3 is 5.97 Å². The molecular weight excluding hydrogens is 448 g/mol. The van der Waals surface area contributed by atoms with Crippen LogP contribution < -0.4 is 5.73 Å². The highest BCUT2D eigenvalue weighted by Gasteiger charge is 2.42. The number of carbonyl (C=O) groups excluding carboxylic acids is 2.